The molecule has 0 saturated carbocycles. The topological polar surface area (TPSA) is 56.1 Å². The smallest absolute Gasteiger partial charge is 0.238 e. The van der Waals surface area contributed by atoms with Crippen LogP contribution in [0.5, 0.6) is 0 Å². The number of nitriles is 1. The van der Waals surface area contributed by atoms with Crippen molar-refractivity contribution in [2.24, 2.45) is 0 Å². The fourth-order valence-electron chi connectivity index (χ4n) is 2.09. The summed E-state index contributed by atoms with van der Waals surface area (Å²) in [5.41, 5.74) is 2.10. The highest BCUT2D eigenvalue weighted by Gasteiger charge is 2.09. The third-order valence-corrected chi connectivity index (χ3v) is 3.99. The summed E-state index contributed by atoms with van der Waals surface area (Å²) in [5, 5.41) is 11.9. The fraction of sp³-hybridized carbons (Fsp3) is 0.176. The molecule has 1 amide bonds. The number of hydrogen-bond acceptors (Lipinski definition) is 3. The number of carbonyl (C=O) groups excluding carboxylic acids is 1. The van der Waals surface area contributed by atoms with E-state index >= 15 is 0 Å². The summed E-state index contributed by atoms with van der Waals surface area (Å²) in [6.45, 7) is 0.933. The standard InChI is InChI=1S/C17H15BrClN3O/c1-22(10-12-2-5-14(18)6-3-12)11-17(23)21-15-7-4-13(9-20)16(19)8-15/h2-8H,10-11H2,1H3,(H,21,23). The van der Waals surface area contributed by atoms with E-state index in [4.69, 9.17) is 16.9 Å². The number of anilines is 1. The first-order valence-electron chi connectivity index (χ1n) is 6.90. The van der Waals surface area contributed by atoms with Gasteiger partial charge in [0, 0.05) is 16.7 Å². The average Bonchev–Trinajstić information content (AvgIpc) is 2.49. The Morgan fingerprint density at radius 3 is 2.61 bits per heavy atom. The van der Waals surface area contributed by atoms with Gasteiger partial charge in [0.2, 0.25) is 5.91 Å². The van der Waals surface area contributed by atoms with Crippen LogP contribution in [0.15, 0.2) is 46.9 Å². The zero-order chi connectivity index (χ0) is 16.8. The van der Waals surface area contributed by atoms with Crippen LogP contribution in [-0.4, -0.2) is 24.4 Å². The van der Waals surface area contributed by atoms with Gasteiger partial charge in [-0.1, -0.05) is 39.7 Å². The third kappa shape index (κ3) is 5.36. The van der Waals surface area contributed by atoms with Crippen LogP contribution in [0.25, 0.3) is 0 Å². The molecule has 0 radical (unpaired) electrons. The normalized spacial score (nSPS) is 10.4. The van der Waals surface area contributed by atoms with E-state index < -0.39 is 0 Å². The molecule has 6 heteroatoms. The number of rotatable bonds is 5. The van der Waals surface area contributed by atoms with E-state index in [0.29, 0.717) is 22.8 Å². The minimum atomic E-state index is -0.134. The lowest BCUT2D eigenvalue weighted by Gasteiger charge is -2.16. The maximum Gasteiger partial charge on any atom is 0.238 e. The number of likely N-dealkylation sites (N-methyl/N-ethyl adjacent to an activating group) is 1. The van der Waals surface area contributed by atoms with Crippen molar-refractivity contribution in [3.8, 4) is 6.07 Å². The summed E-state index contributed by atoms with van der Waals surface area (Å²) in [6.07, 6.45) is 0. The Balaban J connectivity index is 1.90. The molecule has 0 bridgehead atoms. The molecule has 23 heavy (non-hydrogen) atoms. The van der Waals surface area contributed by atoms with Crippen molar-refractivity contribution < 1.29 is 4.79 Å². The number of benzene rings is 2. The highest BCUT2D eigenvalue weighted by molar-refractivity contribution is 9.10. The molecule has 1 N–H and O–H groups in total. The van der Waals surface area contributed by atoms with Crippen LogP contribution >= 0.6 is 27.5 Å². The van der Waals surface area contributed by atoms with Crippen LogP contribution in [0.1, 0.15) is 11.1 Å². The van der Waals surface area contributed by atoms with E-state index in [2.05, 4.69) is 21.2 Å². The van der Waals surface area contributed by atoms with Crippen molar-refractivity contribution in [3.05, 3.63) is 63.1 Å². The van der Waals surface area contributed by atoms with Crippen LogP contribution in [0.2, 0.25) is 5.02 Å². The van der Waals surface area contributed by atoms with Gasteiger partial charge in [0.05, 0.1) is 17.1 Å². The van der Waals surface area contributed by atoms with E-state index in [9.17, 15) is 4.79 Å². The van der Waals surface area contributed by atoms with Crippen LogP contribution in [0, 0.1) is 11.3 Å². The number of amides is 1. The largest absolute Gasteiger partial charge is 0.325 e. The van der Waals surface area contributed by atoms with Crippen molar-refractivity contribution in [1.29, 1.82) is 5.26 Å². The van der Waals surface area contributed by atoms with Crippen LogP contribution < -0.4 is 5.32 Å². The molecule has 0 unspecified atom stereocenters. The van der Waals surface area contributed by atoms with Gasteiger partial charge in [-0.05, 0) is 42.9 Å². The average molecular weight is 393 g/mol. The number of carbonyl (C=O) groups is 1. The maximum absolute atomic E-state index is 12.1. The second kappa shape index (κ2) is 8.11. The molecule has 0 aliphatic rings. The van der Waals surface area contributed by atoms with Gasteiger partial charge < -0.3 is 5.32 Å². The zero-order valence-corrected chi connectivity index (χ0v) is 14.9. The van der Waals surface area contributed by atoms with Gasteiger partial charge in [0.15, 0.2) is 0 Å². The minimum absolute atomic E-state index is 0.134. The molecular formula is C17H15BrClN3O. The van der Waals surface area contributed by atoms with Gasteiger partial charge in [-0.15, -0.1) is 0 Å². The van der Waals surface area contributed by atoms with Crippen LogP contribution in [0.3, 0.4) is 0 Å². The summed E-state index contributed by atoms with van der Waals surface area (Å²) in [7, 11) is 1.88. The molecule has 118 valence electrons. The Morgan fingerprint density at radius 2 is 2.00 bits per heavy atom. The Bertz CT molecular complexity index is 740. The molecule has 2 rings (SSSR count). The molecule has 0 fully saturated rings. The highest BCUT2D eigenvalue weighted by atomic mass is 79.9. The first-order chi connectivity index (χ1) is 11.0. The summed E-state index contributed by atoms with van der Waals surface area (Å²) < 4.78 is 1.03. The number of halogens is 2. The fourth-order valence-corrected chi connectivity index (χ4v) is 2.57. The molecule has 0 atom stereocenters. The lowest BCUT2D eigenvalue weighted by Crippen LogP contribution is -2.29. The molecule has 4 nitrogen and oxygen atoms in total. The van der Waals surface area contributed by atoms with Gasteiger partial charge in [0.1, 0.15) is 6.07 Å². The lowest BCUT2D eigenvalue weighted by atomic mass is 10.2. The van der Waals surface area contributed by atoms with Gasteiger partial charge in [-0.2, -0.15) is 5.26 Å². The Hall–Kier alpha value is -1.87. The molecule has 2 aromatic rings. The molecule has 0 aliphatic heterocycles. The molecule has 0 heterocycles. The third-order valence-electron chi connectivity index (χ3n) is 3.15. The lowest BCUT2D eigenvalue weighted by molar-refractivity contribution is -0.117. The molecule has 0 saturated heterocycles. The molecule has 0 aliphatic carbocycles. The van der Waals surface area contributed by atoms with E-state index in [1.165, 1.54) is 0 Å². The quantitative estimate of drug-likeness (QED) is 0.835. The van der Waals surface area contributed by atoms with Crippen molar-refractivity contribution in [3.63, 3.8) is 0 Å². The van der Waals surface area contributed by atoms with Crippen molar-refractivity contribution >= 4 is 39.1 Å². The van der Waals surface area contributed by atoms with Crippen molar-refractivity contribution in [2.75, 3.05) is 18.9 Å². The van der Waals surface area contributed by atoms with Gasteiger partial charge >= 0.3 is 0 Å². The second-order valence-corrected chi connectivity index (χ2v) is 6.48. The van der Waals surface area contributed by atoms with E-state index in [0.717, 1.165) is 10.0 Å². The molecule has 0 aromatic heterocycles. The van der Waals surface area contributed by atoms with Crippen molar-refractivity contribution in [1.82, 2.24) is 4.90 Å². The van der Waals surface area contributed by atoms with Gasteiger partial charge in [-0.3, -0.25) is 9.69 Å². The van der Waals surface area contributed by atoms with E-state index in [1.807, 2.05) is 42.3 Å². The van der Waals surface area contributed by atoms with Crippen molar-refractivity contribution in [2.45, 2.75) is 6.54 Å². The minimum Gasteiger partial charge on any atom is -0.325 e. The SMILES string of the molecule is CN(CC(=O)Nc1ccc(C#N)c(Cl)c1)Cc1ccc(Br)cc1. The monoisotopic (exact) mass is 391 g/mol. The van der Waals surface area contributed by atoms with Gasteiger partial charge in [-0.25, -0.2) is 0 Å². The Morgan fingerprint density at radius 1 is 1.30 bits per heavy atom. The summed E-state index contributed by atoms with van der Waals surface area (Å²) in [6, 6.07) is 14.8. The first-order valence-corrected chi connectivity index (χ1v) is 8.07. The van der Waals surface area contributed by atoms with Crippen LogP contribution in [0.4, 0.5) is 5.69 Å². The summed E-state index contributed by atoms with van der Waals surface area (Å²) in [5.74, 6) is -0.134. The second-order valence-electron chi connectivity index (χ2n) is 5.15. The summed E-state index contributed by atoms with van der Waals surface area (Å²) in [4.78, 5) is 14.0. The Kier molecular flexibility index (Phi) is 6.17. The number of nitrogens with zero attached hydrogens (tertiary/aromatic N) is 2. The first kappa shape index (κ1) is 17.5. The number of hydrogen-bond donors (Lipinski definition) is 1. The van der Waals surface area contributed by atoms with Gasteiger partial charge in [0.25, 0.3) is 0 Å². The Labute approximate surface area is 148 Å². The van der Waals surface area contributed by atoms with E-state index in [1.54, 1.807) is 18.2 Å². The number of nitrogens with one attached hydrogen (secondary N) is 1. The van der Waals surface area contributed by atoms with E-state index in [-0.39, 0.29) is 12.5 Å². The summed E-state index contributed by atoms with van der Waals surface area (Å²) >= 11 is 9.35. The highest BCUT2D eigenvalue weighted by Crippen LogP contribution is 2.20. The predicted octanol–water partition coefficient (Wildman–Crippen LogP) is 4.04. The predicted molar refractivity (Wildman–Crippen MR) is 95.3 cm³/mol. The maximum atomic E-state index is 12.1. The molecule has 2 aromatic carbocycles. The van der Waals surface area contributed by atoms with Crippen LogP contribution in [-0.2, 0) is 11.3 Å². The molecule has 0 spiro atoms. The molecular weight excluding hydrogens is 378 g/mol. The zero-order valence-electron chi connectivity index (χ0n) is 12.5.